The first kappa shape index (κ1) is 32.6. The summed E-state index contributed by atoms with van der Waals surface area (Å²) in [6, 6.07) is 75.7. The maximum Gasteiger partial charge on any atom is 0.175 e. The fourth-order valence-electron chi connectivity index (χ4n) is 9.70. The normalized spacial score (nSPS) is 13.2. The van der Waals surface area contributed by atoms with Gasteiger partial charge in [0.1, 0.15) is 0 Å². The molecule has 9 aromatic carbocycles. The highest BCUT2D eigenvalue weighted by Crippen LogP contribution is 2.67. The van der Waals surface area contributed by atoms with Crippen LogP contribution < -0.4 is 14.4 Å². The molecule has 0 fully saturated rings. The molecule has 1 heterocycles. The second-order valence-corrected chi connectivity index (χ2v) is 15.2. The lowest BCUT2D eigenvalue weighted by molar-refractivity contribution is 0.355. The molecule has 2 aliphatic carbocycles. The van der Waals surface area contributed by atoms with E-state index in [4.69, 9.17) is 9.47 Å². The van der Waals surface area contributed by atoms with E-state index in [9.17, 15) is 0 Å². The van der Waals surface area contributed by atoms with Crippen LogP contribution in [0.25, 0.3) is 44.5 Å². The van der Waals surface area contributed by atoms with Crippen LogP contribution in [0.5, 0.6) is 23.0 Å². The molecule has 0 saturated carbocycles. The van der Waals surface area contributed by atoms with Crippen LogP contribution in [0.3, 0.4) is 0 Å². The zero-order valence-electron chi connectivity index (χ0n) is 31.5. The number of rotatable bonds is 5. The van der Waals surface area contributed by atoms with E-state index < -0.39 is 5.41 Å². The molecule has 1 aliphatic heterocycles. The second-order valence-electron chi connectivity index (χ2n) is 15.2. The lowest BCUT2D eigenvalue weighted by atomic mass is 9.70. The van der Waals surface area contributed by atoms with Gasteiger partial charge in [0.25, 0.3) is 0 Å². The van der Waals surface area contributed by atoms with Gasteiger partial charge in [0, 0.05) is 23.0 Å². The number of ether oxygens (including phenoxy) is 2. The molecular formula is C55H35NO2. The van der Waals surface area contributed by atoms with Crippen molar-refractivity contribution >= 4 is 17.1 Å². The molecule has 0 aromatic heterocycles. The third-order valence-electron chi connectivity index (χ3n) is 12.1. The summed E-state index contributed by atoms with van der Waals surface area (Å²) in [6.45, 7) is 0. The third kappa shape index (κ3) is 4.74. The van der Waals surface area contributed by atoms with Gasteiger partial charge in [0.15, 0.2) is 23.0 Å². The summed E-state index contributed by atoms with van der Waals surface area (Å²) < 4.78 is 14.1. The molecule has 0 atom stereocenters. The van der Waals surface area contributed by atoms with E-state index in [-0.39, 0.29) is 0 Å². The van der Waals surface area contributed by atoms with Crippen LogP contribution in [0.4, 0.5) is 17.1 Å². The van der Waals surface area contributed by atoms with Gasteiger partial charge in [-0.2, -0.15) is 0 Å². The first-order valence-electron chi connectivity index (χ1n) is 19.8. The van der Waals surface area contributed by atoms with Crippen molar-refractivity contribution in [2.75, 3.05) is 4.90 Å². The molecule has 0 saturated heterocycles. The molecule has 0 unspecified atom stereocenters. The Hall–Kier alpha value is -7.62. The van der Waals surface area contributed by atoms with Crippen molar-refractivity contribution in [3.8, 4) is 67.5 Å². The zero-order valence-corrected chi connectivity index (χ0v) is 31.5. The minimum atomic E-state index is -0.546. The maximum atomic E-state index is 7.12. The summed E-state index contributed by atoms with van der Waals surface area (Å²) in [6.07, 6.45) is 0. The van der Waals surface area contributed by atoms with Gasteiger partial charge in [-0.1, -0.05) is 164 Å². The minimum absolute atomic E-state index is 0.546. The Labute approximate surface area is 337 Å². The number of nitrogens with zero attached hydrogens (tertiary/aromatic N) is 1. The number of fused-ring (bicyclic) bond motifs is 13. The van der Waals surface area contributed by atoms with Crippen molar-refractivity contribution in [1.82, 2.24) is 0 Å². The van der Waals surface area contributed by atoms with Crippen LogP contribution in [0, 0.1) is 0 Å². The molecule has 3 aliphatic rings. The van der Waals surface area contributed by atoms with E-state index in [0.717, 1.165) is 39.5 Å². The maximum absolute atomic E-state index is 7.12. The average molecular weight is 742 g/mol. The summed E-state index contributed by atoms with van der Waals surface area (Å²) in [5.41, 5.74) is 17.0. The first-order valence-corrected chi connectivity index (χ1v) is 19.8. The molecule has 58 heavy (non-hydrogen) atoms. The van der Waals surface area contributed by atoms with Gasteiger partial charge in [0.2, 0.25) is 0 Å². The topological polar surface area (TPSA) is 21.7 Å². The summed E-state index contributed by atoms with van der Waals surface area (Å²) in [5.74, 6) is 2.83. The average Bonchev–Trinajstić information content (AvgIpc) is 3.77. The molecule has 12 rings (SSSR count). The van der Waals surface area contributed by atoms with Gasteiger partial charge in [-0.05, 0) is 104 Å². The predicted molar refractivity (Wildman–Crippen MR) is 235 cm³/mol. The van der Waals surface area contributed by atoms with Crippen molar-refractivity contribution in [2.45, 2.75) is 5.41 Å². The molecule has 3 heteroatoms. The second kappa shape index (κ2) is 12.7. The monoisotopic (exact) mass is 741 g/mol. The Kier molecular flexibility index (Phi) is 7.14. The molecule has 272 valence electrons. The van der Waals surface area contributed by atoms with E-state index in [2.05, 4.69) is 217 Å². The highest BCUT2D eigenvalue weighted by atomic mass is 16.6. The fraction of sp³-hybridized carbons (Fsp3) is 0.0182. The molecule has 9 aromatic rings. The van der Waals surface area contributed by atoms with E-state index in [1.54, 1.807) is 0 Å². The Morgan fingerprint density at radius 1 is 0.310 bits per heavy atom. The van der Waals surface area contributed by atoms with E-state index in [1.807, 2.05) is 0 Å². The fourth-order valence-corrected chi connectivity index (χ4v) is 9.70. The number of anilines is 3. The zero-order chi connectivity index (χ0) is 38.2. The minimum Gasteiger partial charge on any atom is -0.449 e. The largest absolute Gasteiger partial charge is 0.449 e. The summed E-state index contributed by atoms with van der Waals surface area (Å²) in [4.78, 5) is 2.30. The molecule has 1 spiro atoms. The lowest BCUT2D eigenvalue weighted by Crippen LogP contribution is -2.26. The van der Waals surface area contributed by atoms with Gasteiger partial charge < -0.3 is 14.4 Å². The van der Waals surface area contributed by atoms with Crippen molar-refractivity contribution in [3.05, 3.63) is 235 Å². The molecule has 3 nitrogen and oxygen atoms in total. The molecule has 0 bridgehead atoms. The van der Waals surface area contributed by atoms with E-state index >= 15 is 0 Å². The van der Waals surface area contributed by atoms with Crippen LogP contribution in [-0.2, 0) is 5.41 Å². The molecule has 0 N–H and O–H groups in total. The van der Waals surface area contributed by atoms with Crippen LogP contribution >= 0.6 is 0 Å². The SMILES string of the molecule is c1ccc(-c2cccc(N(c3cccc(-c4ccccc4)c3)c3ccc4c(c3)Oc3ccc5c(c3O4)C3(c4ccccc4-c4ccccc43)c3ccccc3-5)c2)cc1. The molecule has 0 amide bonds. The van der Waals surface area contributed by atoms with Crippen LogP contribution in [0.1, 0.15) is 22.3 Å². The standard InChI is InChI=1S/C55H35NO2/c1-3-15-36(16-4-1)38-19-13-21-40(33-38)56(41-22-14-20-39(34-41)37-17-5-2-6-18-37)42-29-31-50-52(35-42)57-51-32-30-46-45-25-9-12-28-49(45)55(53(46)54(51)58-50)47-26-10-7-23-43(47)44-24-8-11-27-48(44)55/h1-35H. The molecular weight excluding hydrogens is 707 g/mol. The quantitative estimate of drug-likeness (QED) is 0.175. The van der Waals surface area contributed by atoms with Crippen LogP contribution in [0.2, 0.25) is 0 Å². The summed E-state index contributed by atoms with van der Waals surface area (Å²) in [5, 5.41) is 0. The number of hydrogen-bond donors (Lipinski definition) is 0. The number of hydrogen-bond acceptors (Lipinski definition) is 3. The Morgan fingerprint density at radius 2 is 0.776 bits per heavy atom. The summed E-state index contributed by atoms with van der Waals surface area (Å²) in [7, 11) is 0. The highest BCUT2D eigenvalue weighted by Gasteiger charge is 2.54. The van der Waals surface area contributed by atoms with Crippen molar-refractivity contribution < 1.29 is 9.47 Å². The number of benzene rings is 9. The van der Waals surface area contributed by atoms with E-state index in [1.165, 1.54) is 50.1 Å². The summed E-state index contributed by atoms with van der Waals surface area (Å²) >= 11 is 0. The van der Waals surface area contributed by atoms with Crippen molar-refractivity contribution in [3.63, 3.8) is 0 Å². The Bertz CT molecular complexity index is 2930. The smallest absolute Gasteiger partial charge is 0.175 e. The van der Waals surface area contributed by atoms with Gasteiger partial charge >= 0.3 is 0 Å². The first-order chi connectivity index (χ1) is 28.8. The van der Waals surface area contributed by atoms with Gasteiger partial charge in [-0.25, -0.2) is 0 Å². The van der Waals surface area contributed by atoms with Crippen molar-refractivity contribution in [2.24, 2.45) is 0 Å². The van der Waals surface area contributed by atoms with Gasteiger partial charge in [0.05, 0.1) is 11.1 Å². The van der Waals surface area contributed by atoms with Crippen LogP contribution in [0.15, 0.2) is 212 Å². The van der Waals surface area contributed by atoms with Gasteiger partial charge in [-0.15, -0.1) is 0 Å². The lowest BCUT2D eigenvalue weighted by Gasteiger charge is -2.33. The Balaban J connectivity index is 1.01. The van der Waals surface area contributed by atoms with Crippen LogP contribution in [-0.4, -0.2) is 0 Å². The third-order valence-corrected chi connectivity index (χ3v) is 12.1. The predicted octanol–water partition coefficient (Wildman–Crippen LogP) is 14.7. The van der Waals surface area contributed by atoms with Gasteiger partial charge in [-0.3, -0.25) is 0 Å². The molecule has 0 radical (unpaired) electrons. The highest BCUT2D eigenvalue weighted by molar-refractivity contribution is 5.97. The van der Waals surface area contributed by atoms with E-state index in [0.29, 0.717) is 17.2 Å². The van der Waals surface area contributed by atoms with Crippen molar-refractivity contribution in [1.29, 1.82) is 0 Å². The Morgan fingerprint density at radius 3 is 1.34 bits per heavy atom.